The Labute approximate surface area is 130 Å². The van der Waals surface area contributed by atoms with E-state index >= 15 is 0 Å². The van der Waals surface area contributed by atoms with Crippen LogP contribution in [0.1, 0.15) is 16.8 Å². The van der Waals surface area contributed by atoms with E-state index < -0.39 is 0 Å². The molecule has 0 radical (unpaired) electrons. The third-order valence-corrected chi connectivity index (χ3v) is 4.27. The number of halogens is 1. The summed E-state index contributed by atoms with van der Waals surface area (Å²) in [4.78, 5) is 0. The highest BCUT2D eigenvalue weighted by atomic mass is 35.5. The number of hydrogen-bond acceptors (Lipinski definition) is 3. The van der Waals surface area contributed by atoms with Gasteiger partial charge in [0.05, 0.1) is 12.8 Å². The summed E-state index contributed by atoms with van der Waals surface area (Å²) in [7, 11) is 3.55. The number of para-hydroxylation sites is 1. The molecule has 2 aromatic rings. The molecule has 0 saturated heterocycles. The molecule has 0 amide bonds. The summed E-state index contributed by atoms with van der Waals surface area (Å²) in [6, 6.07) is 8.06. The number of nitrogens with zero attached hydrogens (tertiary/aromatic N) is 2. The normalized spacial score (nSPS) is 12.4. The molecule has 0 aliphatic heterocycles. The van der Waals surface area contributed by atoms with Crippen LogP contribution in [0.5, 0.6) is 5.75 Å². The van der Waals surface area contributed by atoms with Crippen LogP contribution in [0.3, 0.4) is 0 Å². The quantitative estimate of drug-likeness (QED) is 0.893. The Morgan fingerprint density at radius 2 is 2.05 bits per heavy atom. The van der Waals surface area contributed by atoms with Crippen molar-refractivity contribution in [1.29, 1.82) is 0 Å². The average Bonchev–Trinajstić information content (AvgIpc) is 2.73. The minimum absolute atomic E-state index is 0.307. The Bertz CT molecular complexity index is 610. The standard InChI is InChI=1S/C16H22ClN3O/c1-11-14(16(17)20(2)19-11)9-12(10-18)8-13-6-4-5-7-15(13)21-3/h4-7,12H,8-10,18H2,1-3H3. The lowest BCUT2D eigenvalue weighted by Crippen LogP contribution is -2.20. The van der Waals surface area contributed by atoms with E-state index in [1.54, 1.807) is 11.8 Å². The lowest BCUT2D eigenvalue weighted by atomic mass is 9.92. The van der Waals surface area contributed by atoms with Gasteiger partial charge < -0.3 is 10.5 Å². The number of aromatic nitrogens is 2. The van der Waals surface area contributed by atoms with Gasteiger partial charge in [0, 0.05) is 12.6 Å². The maximum absolute atomic E-state index is 6.31. The maximum atomic E-state index is 6.31. The lowest BCUT2D eigenvalue weighted by molar-refractivity contribution is 0.404. The van der Waals surface area contributed by atoms with Crippen molar-refractivity contribution in [2.75, 3.05) is 13.7 Å². The molecule has 1 atom stereocenters. The molecule has 4 nitrogen and oxygen atoms in total. The molecule has 114 valence electrons. The monoisotopic (exact) mass is 307 g/mol. The smallest absolute Gasteiger partial charge is 0.130 e. The minimum Gasteiger partial charge on any atom is -0.496 e. The zero-order valence-corrected chi connectivity index (χ0v) is 13.5. The van der Waals surface area contributed by atoms with Crippen molar-refractivity contribution in [3.8, 4) is 5.75 Å². The highest BCUT2D eigenvalue weighted by Crippen LogP contribution is 2.26. The van der Waals surface area contributed by atoms with Gasteiger partial charge in [-0.15, -0.1) is 0 Å². The zero-order chi connectivity index (χ0) is 15.4. The first-order chi connectivity index (χ1) is 10.1. The van der Waals surface area contributed by atoms with Crippen LogP contribution in [0.15, 0.2) is 24.3 Å². The number of ether oxygens (including phenoxy) is 1. The van der Waals surface area contributed by atoms with E-state index in [2.05, 4.69) is 11.2 Å². The maximum Gasteiger partial charge on any atom is 0.130 e. The summed E-state index contributed by atoms with van der Waals surface area (Å²) >= 11 is 6.31. The van der Waals surface area contributed by atoms with E-state index in [1.165, 1.54) is 5.56 Å². The zero-order valence-electron chi connectivity index (χ0n) is 12.8. The molecule has 0 bridgehead atoms. The summed E-state index contributed by atoms with van der Waals surface area (Å²) in [6.45, 7) is 2.58. The molecular formula is C16H22ClN3O. The Kier molecular flexibility index (Phi) is 5.26. The molecule has 0 fully saturated rings. The first-order valence-electron chi connectivity index (χ1n) is 7.06. The van der Waals surface area contributed by atoms with Gasteiger partial charge in [0.2, 0.25) is 0 Å². The molecular weight excluding hydrogens is 286 g/mol. The molecule has 1 heterocycles. The second kappa shape index (κ2) is 6.96. The van der Waals surface area contributed by atoms with Crippen LogP contribution in [0.2, 0.25) is 5.15 Å². The highest BCUT2D eigenvalue weighted by Gasteiger charge is 2.18. The van der Waals surface area contributed by atoms with E-state index in [9.17, 15) is 0 Å². The molecule has 2 N–H and O–H groups in total. The Balaban J connectivity index is 2.17. The molecule has 1 aromatic carbocycles. The number of methoxy groups -OCH3 is 1. The van der Waals surface area contributed by atoms with Crippen molar-refractivity contribution in [2.24, 2.45) is 18.7 Å². The van der Waals surface area contributed by atoms with Crippen LogP contribution in [0, 0.1) is 12.8 Å². The van der Waals surface area contributed by atoms with E-state index in [0.29, 0.717) is 17.6 Å². The summed E-state index contributed by atoms with van der Waals surface area (Å²) < 4.78 is 7.12. The number of aryl methyl sites for hydroxylation is 2. The number of hydrogen-bond donors (Lipinski definition) is 1. The number of nitrogens with two attached hydrogens (primary N) is 1. The Hall–Kier alpha value is -1.52. The van der Waals surface area contributed by atoms with Crippen LogP contribution < -0.4 is 10.5 Å². The second-order valence-electron chi connectivity index (χ2n) is 5.30. The molecule has 0 aliphatic carbocycles. The van der Waals surface area contributed by atoms with E-state index in [4.69, 9.17) is 22.1 Å². The van der Waals surface area contributed by atoms with Crippen LogP contribution in [0.4, 0.5) is 0 Å². The average molecular weight is 308 g/mol. The predicted molar refractivity (Wildman–Crippen MR) is 85.9 cm³/mol. The van der Waals surface area contributed by atoms with Gasteiger partial charge in [0.25, 0.3) is 0 Å². The van der Waals surface area contributed by atoms with Gasteiger partial charge in [0.15, 0.2) is 0 Å². The fraction of sp³-hybridized carbons (Fsp3) is 0.438. The van der Waals surface area contributed by atoms with Gasteiger partial charge in [-0.2, -0.15) is 5.10 Å². The topological polar surface area (TPSA) is 53.1 Å². The molecule has 0 spiro atoms. The van der Waals surface area contributed by atoms with Crippen molar-refractivity contribution < 1.29 is 4.74 Å². The van der Waals surface area contributed by atoms with Crippen LogP contribution in [-0.4, -0.2) is 23.4 Å². The van der Waals surface area contributed by atoms with E-state index in [1.807, 2.05) is 32.2 Å². The van der Waals surface area contributed by atoms with E-state index in [-0.39, 0.29) is 0 Å². The van der Waals surface area contributed by atoms with Gasteiger partial charge >= 0.3 is 0 Å². The third-order valence-electron chi connectivity index (χ3n) is 3.80. The summed E-state index contributed by atoms with van der Waals surface area (Å²) in [6.07, 6.45) is 1.69. The molecule has 2 rings (SSSR count). The largest absolute Gasteiger partial charge is 0.496 e. The molecule has 21 heavy (non-hydrogen) atoms. The van der Waals surface area contributed by atoms with Crippen molar-refractivity contribution in [3.63, 3.8) is 0 Å². The van der Waals surface area contributed by atoms with Gasteiger partial charge in [-0.05, 0) is 43.9 Å². The van der Waals surface area contributed by atoms with Gasteiger partial charge in [-0.1, -0.05) is 29.8 Å². The van der Waals surface area contributed by atoms with Crippen LogP contribution in [-0.2, 0) is 19.9 Å². The number of benzene rings is 1. The third kappa shape index (κ3) is 3.57. The Morgan fingerprint density at radius 3 is 2.62 bits per heavy atom. The van der Waals surface area contributed by atoms with Crippen molar-refractivity contribution in [2.45, 2.75) is 19.8 Å². The first-order valence-corrected chi connectivity index (χ1v) is 7.44. The molecule has 0 saturated carbocycles. The first kappa shape index (κ1) is 15.9. The van der Waals surface area contributed by atoms with Crippen LogP contribution in [0.25, 0.3) is 0 Å². The molecule has 1 unspecified atom stereocenters. The van der Waals surface area contributed by atoms with Crippen LogP contribution >= 0.6 is 11.6 Å². The summed E-state index contributed by atoms with van der Waals surface area (Å²) in [5.74, 6) is 1.21. The van der Waals surface area contributed by atoms with Crippen molar-refractivity contribution in [1.82, 2.24) is 9.78 Å². The van der Waals surface area contributed by atoms with Gasteiger partial charge in [-0.25, -0.2) is 0 Å². The predicted octanol–water partition coefficient (Wildman–Crippen LogP) is 2.75. The van der Waals surface area contributed by atoms with Gasteiger partial charge in [0.1, 0.15) is 10.9 Å². The fourth-order valence-corrected chi connectivity index (χ4v) is 2.87. The summed E-state index contributed by atoms with van der Waals surface area (Å²) in [5.41, 5.74) is 9.19. The fourth-order valence-electron chi connectivity index (χ4n) is 2.62. The Morgan fingerprint density at radius 1 is 1.33 bits per heavy atom. The molecule has 0 aliphatic rings. The molecule has 1 aromatic heterocycles. The lowest BCUT2D eigenvalue weighted by Gasteiger charge is -2.16. The SMILES string of the molecule is COc1ccccc1CC(CN)Cc1c(C)nn(C)c1Cl. The van der Waals surface area contributed by atoms with Crippen molar-refractivity contribution >= 4 is 11.6 Å². The number of rotatable bonds is 6. The van der Waals surface area contributed by atoms with Crippen molar-refractivity contribution in [3.05, 3.63) is 46.2 Å². The minimum atomic E-state index is 0.307. The van der Waals surface area contributed by atoms with E-state index in [0.717, 1.165) is 29.8 Å². The highest BCUT2D eigenvalue weighted by molar-refractivity contribution is 6.30. The molecule has 5 heteroatoms. The second-order valence-corrected chi connectivity index (χ2v) is 5.66. The summed E-state index contributed by atoms with van der Waals surface area (Å²) in [5, 5.41) is 5.06. The van der Waals surface area contributed by atoms with Gasteiger partial charge in [-0.3, -0.25) is 4.68 Å².